The molecule has 0 saturated carbocycles. The van der Waals surface area contributed by atoms with Crippen molar-refractivity contribution < 1.29 is 18.3 Å². The molecule has 7 heteroatoms. The number of aromatic nitrogens is 1. The van der Waals surface area contributed by atoms with Crippen LogP contribution >= 0.6 is 0 Å². The Kier molecular flexibility index (Phi) is 3.48. The van der Waals surface area contributed by atoms with Crippen LogP contribution in [0.1, 0.15) is 13.3 Å². The van der Waals surface area contributed by atoms with E-state index in [0.717, 1.165) is 0 Å². The Morgan fingerprint density at radius 2 is 2.33 bits per heavy atom. The number of hydrogen-bond donors (Lipinski definition) is 3. The zero-order chi connectivity index (χ0) is 11.5. The molecule has 0 aliphatic rings. The van der Waals surface area contributed by atoms with Gasteiger partial charge in [-0.25, -0.2) is 8.42 Å². The first-order valence-electron chi connectivity index (χ1n) is 4.35. The number of nitrogens with one attached hydrogen (secondary N) is 2. The van der Waals surface area contributed by atoms with Crippen LogP contribution in [0.25, 0.3) is 0 Å². The number of carboxylic acid groups (broad SMARTS) is 1. The van der Waals surface area contributed by atoms with Gasteiger partial charge in [-0.2, -0.15) is 4.72 Å². The molecule has 1 aromatic heterocycles. The predicted molar refractivity (Wildman–Crippen MR) is 52.8 cm³/mol. The molecule has 0 aliphatic carbocycles. The number of rotatable bonds is 5. The molecule has 1 heterocycles. The van der Waals surface area contributed by atoms with E-state index in [1.165, 1.54) is 18.5 Å². The number of aromatic amines is 1. The van der Waals surface area contributed by atoms with Crippen molar-refractivity contribution in [3.63, 3.8) is 0 Å². The molecule has 1 aromatic rings. The molecule has 0 bridgehead atoms. The summed E-state index contributed by atoms with van der Waals surface area (Å²) in [5.74, 6) is -1.18. The molecule has 0 amide bonds. The Labute approximate surface area is 87.4 Å². The van der Waals surface area contributed by atoms with Gasteiger partial charge < -0.3 is 10.1 Å². The van der Waals surface area contributed by atoms with Gasteiger partial charge in [0, 0.05) is 12.4 Å². The van der Waals surface area contributed by atoms with Crippen molar-refractivity contribution in [2.75, 3.05) is 0 Å². The lowest BCUT2D eigenvalue weighted by Crippen LogP contribution is -2.40. The third kappa shape index (κ3) is 2.80. The maximum absolute atomic E-state index is 11.6. The molecule has 0 aliphatic heterocycles. The second kappa shape index (κ2) is 4.45. The van der Waals surface area contributed by atoms with E-state index in [1.807, 2.05) is 0 Å². The van der Waals surface area contributed by atoms with Gasteiger partial charge in [-0.05, 0) is 12.5 Å². The van der Waals surface area contributed by atoms with Gasteiger partial charge in [0.15, 0.2) is 0 Å². The first kappa shape index (κ1) is 11.7. The maximum Gasteiger partial charge on any atom is 0.321 e. The Balaban J connectivity index is 2.86. The molecule has 0 aromatic carbocycles. The lowest BCUT2D eigenvalue weighted by atomic mass is 10.2. The largest absolute Gasteiger partial charge is 0.480 e. The molecule has 0 fully saturated rings. The SMILES string of the molecule is CCC(NS(=O)(=O)c1cc[nH]c1)C(=O)O. The van der Waals surface area contributed by atoms with E-state index in [0.29, 0.717) is 0 Å². The lowest BCUT2D eigenvalue weighted by molar-refractivity contribution is -0.139. The van der Waals surface area contributed by atoms with E-state index >= 15 is 0 Å². The van der Waals surface area contributed by atoms with E-state index in [1.54, 1.807) is 6.92 Å². The van der Waals surface area contributed by atoms with E-state index in [9.17, 15) is 13.2 Å². The summed E-state index contributed by atoms with van der Waals surface area (Å²) in [5, 5.41) is 8.70. The van der Waals surface area contributed by atoms with Crippen molar-refractivity contribution in [3.8, 4) is 0 Å². The predicted octanol–water partition coefficient (Wildman–Crippen LogP) is 0.156. The number of aliphatic carboxylic acids is 1. The minimum atomic E-state index is -3.74. The van der Waals surface area contributed by atoms with Crippen LogP contribution in [0, 0.1) is 0 Å². The normalized spacial score (nSPS) is 13.7. The van der Waals surface area contributed by atoms with Crippen molar-refractivity contribution in [2.45, 2.75) is 24.3 Å². The quantitative estimate of drug-likeness (QED) is 0.673. The Bertz CT molecular complexity index is 424. The Hall–Kier alpha value is -1.34. The fourth-order valence-corrected chi connectivity index (χ4v) is 2.29. The van der Waals surface area contributed by atoms with Crippen LogP contribution in [0.3, 0.4) is 0 Å². The second-order valence-corrected chi connectivity index (χ2v) is 4.68. The highest BCUT2D eigenvalue weighted by Gasteiger charge is 2.23. The van der Waals surface area contributed by atoms with Gasteiger partial charge in [0.05, 0.1) is 4.90 Å². The van der Waals surface area contributed by atoms with Crippen LogP contribution in [0.15, 0.2) is 23.4 Å². The average Bonchev–Trinajstić information content (AvgIpc) is 2.67. The molecule has 15 heavy (non-hydrogen) atoms. The van der Waals surface area contributed by atoms with E-state index in [-0.39, 0.29) is 11.3 Å². The summed E-state index contributed by atoms with van der Waals surface area (Å²) in [6.45, 7) is 1.60. The number of H-pyrrole nitrogens is 1. The summed E-state index contributed by atoms with van der Waals surface area (Å²) in [5.41, 5.74) is 0. The van der Waals surface area contributed by atoms with E-state index < -0.39 is 22.0 Å². The minimum Gasteiger partial charge on any atom is -0.480 e. The number of carboxylic acids is 1. The number of hydrogen-bond acceptors (Lipinski definition) is 3. The highest BCUT2D eigenvalue weighted by atomic mass is 32.2. The first-order valence-corrected chi connectivity index (χ1v) is 5.83. The molecule has 6 nitrogen and oxygen atoms in total. The molecular weight excluding hydrogens is 220 g/mol. The zero-order valence-corrected chi connectivity index (χ0v) is 8.91. The number of sulfonamides is 1. The topological polar surface area (TPSA) is 99.3 Å². The monoisotopic (exact) mass is 232 g/mol. The summed E-state index contributed by atoms with van der Waals surface area (Å²) < 4.78 is 25.2. The lowest BCUT2D eigenvalue weighted by Gasteiger charge is -2.11. The number of carbonyl (C=O) groups is 1. The van der Waals surface area contributed by atoms with Gasteiger partial charge >= 0.3 is 5.97 Å². The fourth-order valence-electron chi connectivity index (χ4n) is 1.04. The highest BCUT2D eigenvalue weighted by molar-refractivity contribution is 7.89. The molecule has 84 valence electrons. The van der Waals surface area contributed by atoms with Gasteiger partial charge in [0.1, 0.15) is 6.04 Å². The zero-order valence-electron chi connectivity index (χ0n) is 8.10. The molecule has 1 rings (SSSR count). The third-order valence-corrected chi connectivity index (χ3v) is 3.35. The van der Waals surface area contributed by atoms with Crippen LogP contribution in [0.5, 0.6) is 0 Å². The van der Waals surface area contributed by atoms with E-state index in [2.05, 4.69) is 9.71 Å². The fraction of sp³-hybridized carbons (Fsp3) is 0.375. The molecular formula is C8H12N2O4S. The van der Waals surface area contributed by atoms with Crippen LogP contribution in [-0.4, -0.2) is 30.5 Å². The van der Waals surface area contributed by atoms with E-state index in [4.69, 9.17) is 5.11 Å². The van der Waals surface area contributed by atoms with Crippen LogP contribution < -0.4 is 4.72 Å². The molecule has 0 spiro atoms. The maximum atomic E-state index is 11.6. The van der Waals surface area contributed by atoms with Crippen molar-refractivity contribution in [1.82, 2.24) is 9.71 Å². The summed E-state index contributed by atoms with van der Waals surface area (Å²) in [4.78, 5) is 13.3. The third-order valence-electron chi connectivity index (χ3n) is 1.88. The summed E-state index contributed by atoms with van der Waals surface area (Å²) in [6.07, 6.45) is 2.94. The van der Waals surface area contributed by atoms with Crippen LogP contribution in [0.2, 0.25) is 0 Å². The van der Waals surface area contributed by atoms with Crippen molar-refractivity contribution >= 4 is 16.0 Å². The van der Waals surface area contributed by atoms with Gasteiger partial charge in [0.25, 0.3) is 0 Å². The van der Waals surface area contributed by atoms with Crippen LogP contribution in [0.4, 0.5) is 0 Å². The molecule has 1 unspecified atom stereocenters. The van der Waals surface area contributed by atoms with Gasteiger partial charge in [-0.3, -0.25) is 4.79 Å². The van der Waals surface area contributed by atoms with Crippen molar-refractivity contribution in [3.05, 3.63) is 18.5 Å². The first-order chi connectivity index (χ1) is 6.97. The molecule has 0 saturated heterocycles. The molecule has 3 N–H and O–H groups in total. The van der Waals surface area contributed by atoms with Gasteiger partial charge in [-0.15, -0.1) is 0 Å². The van der Waals surface area contributed by atoms with Gasteiger partial charge in [0.2, 0.25) is 10.0 Å². The molecule has 1 atom stereocenters. The molecule has 0 radical (unpaired) electrons. The minimum absolute atomic E-state index is 0.0298. The summed E-state index contributed by atoms with van der Waals surface area (Å²) in [7, 11) is -3.74. The average molecular weight is 232 g/mol. The summed E-state index contributed by atoms with van der Waals surface area (Å²) >= 11 is 0. The summed E-state index contributed by atoms with van der Waals surface area (Å²) in [6, 6.07) is 0.265. The standard InChI is InChI=1S/C8H12N2O4S/c1-2-7(8(11)12)10-15(13,14)6-3-4-9-5-6/h3-5,7,9-10H,2H2,1H3,(H,11,12). The van der Waals surface area contributed by atoms with Gasteiger partial charge in [-0.1, -0.05) is 6.92 Å². The smallest absolute Gasteiger partial charge is 0.321 e. The Morgan fingerprint density at radius 3 is 2.73 bits per heavy atom. The Morgan fingerprint density at radius 1 is 1.67 bits per heavy atom. The second-order valence-electron chi connectivity index (χ2n) is 2.97. The van der Waals surface area contributed by atoms with Crippen LogP contribution in [-0.2, 0) is 14.8 Å². The van der Waals surface area contributed by atoms with Crippen molar-refractivity contribution in [1.29, 1.82) is 0 Å². The van der Waals surface area contributed by atoms with Crippen molar-refractivity contribution in [2.24, 2.45) is 0 Å². The highest BCUT2D eigenvalue weighted by Crippen LogP contribution is 2.08.